The molecule has 0 aliphatic heterocycles. The number of carbonyl (C=O) groups excluding carboxylic acids is 1. The van der Waals surface area contributed by atoms with Crippen molar-refractivity contribution in [3.05, 3.63) is 54.0 Å². The van der Waals surface area contributed by atoms with E-state index in [-0.39, 0.29) is 11.9 Å². The molecule has 1 N–H and O–H groups in total. The molecule has 1 heterocycles. The van der Waals surface area contributed by atoms with Crippen molar-refractivity contribution < 1.29 is 13.9 Å². The Balaban J connectivity index is 2.15. The molecular formula is C18H24N2O3. The topological polar surface area (TPSA) is 54.7 Å². The minimum atomic E-state index is -0.199. The molecule has 1 aromatic heterocycles. The minimum Gasteiger partial charge on any atom is -0.497 e. The molecule has 2 rings (SSSR count). The van der Waals surface area contributed by atoms with E-state index in [2.05, 4.69) is 30.1 Å². The molecule has 124 valence electrons. The molecule has 0 saturated carbocycles. The second-order valence-corrected chi connectivity index (χ2v) is 5.20. The Morgan fingerprint density at radius 3 is 2.65 bits per heavy atom. The molecule has 1 amide bonds. The molecule has 0 spiro atoms. The number of methoxy groups -OCH3 is 1. The molecule has 5 heteroatoms. The number of furan rings is 1. The van der Waals surface area contributed by atoms with Crippen molar-refractivity contribution in [2.24, 2.45) is 0 Å². The number of rotatable bonds is 8. The number of likely N-dealkylation sites (N-methyl/N-ethyl adjacent to an activating group) is 1. The zero-order chi connectivity index (χ0) is 16.7. The van der Waals surface area contributed by atoms with Crippen LogP contribution >= 0.6 is 0 Å². The summed E-state index contributed by atoms with van der Waals surface area (Å²) in [6.45, 7) is 6.54. The van der Waals surface area contributed by atoms with Gasteiger partial charge >= 0.3 is 0 Å². The zero-order valence-electron chi connectivity index (χ0n) is 13.9. The minimum absolute atomic E-state index is 0.0824. The number of hydrogen-bond acceptors (Lipinski definition) is 4. The van der Waals surface area contributed by atoms with Crippen molar-refractivity contribution >= 4 is 5.91 Å². The van der Waals surface area contributed by atoms with Crippen LogP contribution in [0.25, 0.3) is 0 Å². The van der Waals surface area contributed by atoms with E-state index in [4.69, 9.17) is 9.15 Å². The normalized spacial score (nSPS) is 12.2. The number of benzene rings is 1. The van der Waals surface area contributed by atoms with Crippen LogP contribution in [0.15, 0.2) is 47.1 Å². The highest BCUT2D eigenvalue weighted by Crippen LogP contribution is 2.23. The van der Waals surface area contributed by atoms with Gasteiger partial charge in [0.25, 0.3) is 5.91 Å². The highest BCUT2D eigenvalue weighted by Gasteiger charge is 2.20. The summed E-state index contributed by atoms with van der Waals surface area (Å²) < 4.78 is 10.5. The highest BCUT2D eigenvalue weighted by molar-refractivity contribution is 5.91. The predicted octanol–water partition coefficient (Wildman–Crippen LogP) is 3.10. The average molecular weight is 316 g/mol. The van der Waals surface area contributed by atoms with E-state index >= 15 is 0 Å². The number of ether oxygens (including phenoxy) is 1. The molecule has 1 aromatic carbocycles. The molecule has 0 radical (unpaired) electrons. The molecule has 0 saturated heterocycles. The Hall–Kier alpha value is -2.27. The van der Waals surface area contributed by atoms with Crippen LogP contribution in [0.2, 0.25) is 0 Å². The fraction of sp³-hybridized carbons (Fsp3) is 0.389. The van der Waals surface area contributed by atoms with Gasteiger partial charge in [-0.15, -0.1) is 0 Å². The third kappa shape index (κ3) is 4.36. The lowest BCUT2D eigenvalue weighted by Crippen LogP contribution is -2.38. The van der Waals surface area contributed by atoms with Crippen molar-refractivity contribution in [3.8, 4) is 5.75 Å². The highest BCUT2D eigenvalue weighted by atomic mass is 16.5. The van der Waals surface area contributed by atoms with Crippen LogP contribution in [0.3, 0.4) is 0 Å². The third-order valence-electron chi connectivity index (χ3n) is 3.93. The summed E-state index contributed by atoms with van der Waals surface area (Å²) >= 11 is 0. The summed E-state index contributed by atoms with van der Waals surface area (Å²) in [5, 5.41) is 2.96. The SMILES string of the molecule is CCN(CC)C(CNC(=O)c1ccco1)c1cccc(OC)c1. The predicted molar refractivity (Wildman–Crippen MR) is 89.7 cm³/mol. The molecule has 1 unspecified atom stereocenters. The van der Waals surface area contributed by atoms with E-state index in [1.54, 1.807) is 19.2 Å². The number of carbonyl (C=O) groups is 1. The largest absolute Gasteiger partial charge is 0.497 e. The summed E-state index contributed by atoms with van der Waals surface area (Å²) in [6.07, 6.45) is 1.50. The summed E-state index contributed by atoms with van der Waals surface area (Å²) in [5.74, 6) is 0.945. The van der Waals surface area contributed by atoms with Crippen LogP contribution in [0.5, 0.6) is 5.75 Å². The molecule has 23 heavy (non-hydrogen) atoms. The van der Waals surface area contributed by atoms with Gasteiger partial charge in [-0.3, -0.25) is 9.69 Å². The maximum atomic E-state index is 12.1. The molecule has 2 aromatic rings. The maximum absolute atomic E-state index is 12.1. The lowest BCUT2D eigenvalue weighted by Gasteiger charge is -2.30. The van der Waals surface area contributed by atoms with Crippen molar-refractivity contribution in [3.63, 3.8) is 0 Å². The van der Waals surface area contributed by atoms with Crippen LogP contribution in [0, 0.1) is 0 Å². The molecular weight excluding hydrogens is 292 g/mol. The fourth-order valence-electron chi connectivity index (χ4n) is 2.66. The Kier molecular flexibility index (Phi) is 6.23. The van der Waals surface area contributed by atoms with Gasteiger partial charge in [0, 0.05) is 6.54 Å². The van der Waals surface area contributed by atoms with Crippen molar-refractivity contribution in [2.75, 3.05) is 26.7 Å². The fourth-order valence-corrected chi connectivity index (χ4v) is 2.66. The lowest BCUT2D eigenvalue weighted by molar-refractivity contribution is 0.0907. The lowest BCUT2D eigenvalue weighted by atomic mass is 10.0. The van der Waals surface area contributed by atoms with Gasteiger partial charge in [0.2, 0.25) is 0 Å². The first-order valence-corrected chi connectivity index (χ1v) is 7.89. The molecule has 5 nitrogen and oxygen atoms in total. The van der Waals surface area contributed by atoms with Gasteiger partial charge in [0.15, 0.2) is 5.76 Å². The van der Waals surface area contributed by atoms with Gasteiger partial charge in [0.1, 0.15) is 5.75 Å². The van der Waals surface area contributed by atoms with Crippen LogP contribution in [0.1, 0.15) is 36.0 Å². The van der Waals surface area contributed by atoms with E-state index in [0.717, 1.165) is 24.4 Å². The van der Waals surface area contributed by atoms with E-state index in [1.165, 1.54) is 6.26 Å². The first-order valence-electron chi connectivity index (χ1n) is 7.89. The van der Waals surface area contributed by atoms with E-state index < -0.39 is 0 Å². The number of hydrogen-bond donors (Lipinski definition) is 1. The summed E-state index contributed by atoms with van der Waals surface area (Å²) in [6, 6.07) is 11.4. The Bertz CT molecular complexity index is 606. The second kappa shape index (κ2) is 8.39. The van der Waals surface area contributed by atoms with Gasteiger partial charge in [0.05, 0.1) is 19.4 Å². The summed E-state index contributed by atoms with van der Waals surface area (Å²) in [5.41, 5.74) is 1.12. The first-order chi connectivity index (χ1) is 11.2. The molecule has 1 atom stereocenters. The number of nitrogens with one attached hydrogen (secondary N) is 1. The van der Waals surface area contributed by atoms with Gasteiger partial charge in [-0.1, -0.05) is 26.0 Å². The number of amides is 1. The van der Waals surface area contributed by atoms with Crippen molar-refractivity contribution in [2.45, 2.75) is 19.9 Å². The summed E-state index contributed by atoms with van der Waals surface area (Å²) in [7, 11) is 1.66. The maximum Gasteiger partial charge on any atom is 0.287 e. The van der Waals surface area contributed by atoms with E-state index in [0.29, 0.717) is 12.3 Å². The van der Waals surface area contributed by atoms with Crippen LogP contribution < -0.4 is 10.1 Å². The Morgan fingerprint density at radius 1 is 1.26 bits per heavy atom. The molecule has 0 aliphatic rings. The van der Waals surface area contributed by atoms with Gasteiger partial charge in [-0.2, -0.15) is 0 Å². The molecule has 0 fully saturated rings. The molecule has 0 aliphatic carbocycles. The van der Waals surface area contributed by atoms with Gasteiger partial charge < -0.3 is 14.5 Å². The third-order valence-corrected chi connectivity index (χ3v) is 3.93. The van der Waals surface area contributed by atoms with Crippen LogP contribution in [0.4, 0.5) is 0 Å². The quantitative estimate of drug-likeness (QED) is 0.813. The molecule has 0 bridgehead atoms. The average Bonchev–Trinajstić information content (AvgIpc) is 3.13. The second-order valence-electron chi connectivity index (χ2n) is 5.20. The Morgan fingerprint density at radius 2 is 2.04 bits per heavy atom. The first kappa shape index (κ1) is 17.1. The van der Waals surface area contributed by atoms with Gasteiger partial charge in [-0.05, 0) is 42.9 Å². The Labute approximate surface area is 137 Å². The smallest absolute Gasteiger partial charge is 0.287 e. The van der Waals surface area contributed by atoms with Crippen LogP contribution in [-0.4, -0.2) is 37.6 Å². The van der Waals surface area contributed by atoms with Gasteiger partial charge in [-0.25, -0.2) is 0 Å². The van der Waals surface area contributed by atoms with Crippen molar-refractivity contribution in [1.29, 1.82) is 0 Å². The zero-order valence-corrected chi connectivity index (χ0v) is 13.9. The summed E-state index contributed by atoms with van der Waals surface area (Å²) in [4.78, 5) is 14.4. The number of nitrogens with zero attached hydrogens (tertiary/aromatic N) is 1. The monoisotopic (exact) mass is 316 g/mol. The van der Waals surface area contributed by atoms with E-state index in [1.807, 2.05) is 18.2 Å². The van der Waals surface area contributed by atoms with Crippen LogP contribution in [-0.2, 0) is 0 Å². The standard InChI is InChI=1S/C18H24N2O3/c1-4-20(5-2)16(14-8-6-9-15(12-14)22-3)13-19-18(21)17-10-7-11-23-17/h6-12,16H,4-5,13H2,1-3H3,(H,19,21). The van der Waals surface area contributed by atoms with E-state index in [9.17, 15) is 4.79 Å². The van der Waals surface area contributed by atoms with Crippen molar-refractivity contribution in [1.82, 2.24) is 10.2 Å².